The molecule has 2 aromatic rings. The highest BCUT2D eigenvalue weighted by atomic mass is 16.5. The van der Waals surface area contributed by atoms with Crippen LogP contribution in [0.25, 0.3) is 0 Å². The van der Waals surface area contributed by atoms with Gasteiger partial charge in [0.05, 0.1) is 7.11 Å². The zero-order valence-corrected chi connectivity index (χ0v) is 13.1. The van der Waals surface area contributed by atoms with Gasteiger partial charge in [-0.3, -0.25) is 4.79 Å². The number of methoxy groups -OCH3 is 1. The third-order valence-corrected chi connectivity index (χ3v) is 3.43. The summed E-state index contributed by atoms with van der Waals surface area (Å²) in [5, 5.41) is 2.92. The summed E-state index contributed by atoms with van der Waals surface area (Å²) in [5.41, 5.74) is 2.16. The lowest BCUT2D eigenvalue weighted by Gasteiger charge is -2.25. The minimum absolute atomic E-state index is 0.0720. The summed E-state index contributed by atoms with van der Waals surface area (Å²) in [4.78, 5) is 13.6. The fourth-order valence-electron chi connectivity index (χ4n) is 2.21. The molecular formula is C18H22N2O2. The molecular weight excluding hydrogens is 276 g/mol. The number of amides is 1. The van der Waals surface area contributed by atoms with Gasteiger partial charge >= 0.3 is 0 Å². The smallest absolute Gasteiger partial charge is 0.219 e. The number of benzene rings is 2. The Morgan fingerprint density at radius 2 is 1.68 bits per heavy atom. The number of hydrogen-bond donors (Lipinski definition) is 1. The van der Waals surface area contributed by atoms with E-state index in [2.05, 4.69) is 22.3 Å². The average molecular weight is 298 g/mol. The van der Waals surface area contributed by atoms with Crippen LogP contribution in [0.5, 0.6) is 5.75 Å². The zero-order valence-electron chi connectivity index (χ0n) is 13.1. The van der Waals surface area contributed by atoms with Crippen LogP contribution in [0.4, 0.5) is 11.4 Å². The van der Waals surface area contributed by atoms with Crippen LogP contribution in [-0.4, -0.2) is 26.1 Å². The number of ether oxygens (including phenoxy) is 1. The van der Waals surface area contributed by atoms with Crippen molar-refractivity contribution < 1.29 is 9.53 Å². The van der Waals surface area contributed by atoms with Crippen molar-refractivity contribution in [2.75, 3.05) is 25.1 Å². The lowest BCUT2D eigenvalue weighted by Crippen LogP contribution is -2.32. The van der Waals surface area contributed by atoms with Gasteiger partial charge in [0.2, 0.25) is 5.91 Å². The molecule has 0 heterocycles. The molecule has 0 saturated heterocycles. The summed E-state index contributed by atoms with van der Waals surface area (Å²) in [6.45, 7) is 3.17. The highest BCUT2D eigenvalue weighted by Crippen LogP contribution is 2.26. The number of para-hydroxylation sites is 1. The molecule has 0 aliphatic heterocycles. The largest absolute Gasteiger partial charge is 0.497 e. The van der Waals surface area contributed by atoms with E-state index in [-0.39, 0.29) is 5.91 Å². The molecule has 22 heavy (non-hydrogen) atoms. The van der Waals surface area contributed by atoms with Gasteiger partial charge in [0, 0.05) is 30.9 Å². The van der Waals surface area contributed by atoms with Crippen LogP contribution in [0.1, 0.15) is 13.3 Å². The second-order valence-corrected chi connectivity index (χ2v) is 4.89. The van der Waals surface area contributed by atoms with E-state index in [1.54, 1.807) is 7.11 Å². The molecule has 2 rings (SSSR count). The number of hydrogen-bond acceptors (Lipinski definition) is 3. The summed E-state index contributed by atoms with van der Waals surface area (Å²) in [6, 6.07) is 18.1. The van der Waals surface area contributed by atoms with Crippen LogP contribution in [-0.2, 0) is 4.79 Å². The first-order valence-corrected chi connectivity index (χ1v) is 7.48. The molecule has 0 saturated carbocycles. The van der Waals surface area contributed by atoms with Crippen molar-refractivity contribution in [3.63, 3.8) is 0 Å². The Balaban J connectivity index is 2.15. The van der Waals surface area contributed by atoms with Crippen molar-refractivity contribution in [2.45, 2.75) is 13.3 Å². The zero-order chi connectivity index (χ0) is 15.8. The molecule has 0 bridgehead atoms. The summed E-state index contributed by atoms with van der Waals surface area (Å²) < 4.78 is 5.21. The first kappa shape index (κ1) is 15.9. The van der Waals surface area contributed by atoms with E-state index in [9.17, 15) is 4.79 Å². The van der Waals surface area contributed by atoms with Gasteiger partial charge in [-0.05, 0) is 36.4 Å². The van der Waals surface area contributed by atoms with E-state index >= 15 is 0 Å². The van der Waals surface area contributed by atoms with Crippen LogP contribution in [0.2, 0.25) is 0 Å². The number of carbonyl (C=O) groups is 1. The predicted molar refractivity (Wildman–Crippen MR) is 89.7 cm³/mol. The third-order valence-electron chi connectivity index (χ3n) is 3.43. The normalized spacial score (nSPS) is 10.1. The van der Waals surface area contributed by atoms with Gasteiger partial charge in [0.15, 0.2) is 0 Å². The molecule has 0 aliphatic carbocycles. The molecule has 0 aromatic heterocycles. The minimum atomic E-state index is 0.0720. The first-order valence-electron chi connectivity index (χ1n) is 7.48. The molecule has 0 fully saturated rings. The molecule has 0 atom stereocenters. The monoisotopic (exact) mass is 298 g/mol. The van der Waals surface area contributed by atoms with E-state index in [0.29, 0.717) is 19.5 Å². The Kier molecular flexibility index (Phi) is 5.83. The molecule has 116 valence electrons. The quantitative estimate of drug-likeness (QED) is 0.852. The van der Waals surface area contributed by atoms with E-state index in [0.717, 1.165) is 17.1 Å². The maximum Gasteiger partial charge on any atom is 0.219 e. The van der Waals surface area contributed by atoms with Crippen molar-refractivity contribution in [3.05, 3.63) is 54.6 Å². The molecule has 1 amide bonds. The Bertz CT molecular complexity index is 582. The average Bonchev–Trinajstić information content (AvgIpc) is 2.59. The standard InChI is InChI=1S/C18H22N2O2/c1-3-18(21)19-13-14-20(15-7-5-4-6-8-15)16-9-11-17(22-2)12-10-16/h4-12H,3,13-14H2,1-2H3,(H,19,21). The van der Waals surface area contributed by atoms with Crippen molar-refractivity contribution in [3.8, 4) is 5.75 Å². The maximum atomic E-state index is 11.4. The Morgan fingerprint density at radius 3 is 2.27 bits per heavy atom. The second-order valence-electron chi connectivity index (χ2n) is 4.89. The predicted octanol–water partition coefficient (Wildman–Crippen LogP) is 3.36. The Labute approximate surface area is 131 Å². The molecule has 4 heteroatoms. The summed E-state index contributed by atoms with van der Waals surface area (Å²) >= 11 is 0. The van der Waals surface area contributed by atoms with Crippen molar-refractivity contribution in [1.82, 2.24) is 5.32 Å². The van der Waals surface area contributed by atoms with E-state index in [1.807, 2.05) is 49.4 Å². The molecule has 0 unspecified atom stereocenters. The number of nitrogens with one attached hydrogen (secondary N) is 1. The molecule has 0 aliphatic rings. The fourth-order valence-corrected chi connectivity index (χ4v) is 2.21. The van der Waals surface area contributed by atoms with Crippen molar-refractivity contribution >= 4 is 17.3 Å². The lowest BCUT2D eigenvalue weighted by atomic mass is 10.2. The van der Waals surface area contributed by atoms with Crippen LogP contribution in [0, 0.1) is 0 Å². The van der Waals surface area contributed by atoms with Gasteiger partial charge in [-0.1, -0.05) is 25.1 Å². The molecule has 4 nitrogen and oxygen atoms in total. The summed E-state index contributed by atoms with van der Waals surface area (Å²) in [7, 11) is 1.66. The highest BCUT2D eigenvalue weighted by Gasteiger charge is 2.09. The number of rotatable bonds is 7. The highest BCUT2D eigenvalue weighted by molar-refractivity contribution is 5.75. The lowest BCUT2D eigenvalue weighted by molar-refractivity contribution is -0.120. The van der Waals surface area contributed by atoms with Gasteiger partial charge in [-0.25, -0.2) is 0 Å². The number of carbonyl (C=O) groups excluding carboxylic acids is 1. The van der Waals surface area contributed by atoms with Gasteiger partial charge < -0.3 is 15.0 Å². The van der Waals surface area contributed by atoms with Gasteiger partial charge in [0.1, 0.15) is 5.75 Å². The molecule has 0 spiro atoms. The second kappa shape index (κ2) is 8.08. The Hall–Kier alpha value is -2.49. The van der Waals surface area contributed by atoms with Gasteiger partial charge in [-0.15, -0.1) is 0 Å². The van der Waals surface area contributed by atoms with Crippen LogP contribution in [0.15, 0.2) is 54.6 Å². The first-order chi connectivity index (χ1) is 10.7. The fraction of sp³-hybridized carbons (Fsp3) is 0.278. The molecule has 0 radical (unpaired) electrons. The van der Waals surface area contributed by atoms with Crippen LogP contribution >= 0.6 is 0 Å². The van der Waals surface area contributed by atoms with Crippen LogP contribution < -0.4 is 15.0 Å². The topological polar surface area (TPSA) is 41.6 Å². The summed E-state index contributed by atoms with van der Waals surface area (Å²) in [6.07, 6.45) is 0.508. The minimum Gasteiger partial charge on any atom is -0.497 e. The summed E-state index contributed by atoms with van der Waals surface area (Å²) in [5.74, 6) is 0.902. The SMILES string of the molecule is CCC(=O)NCCN(c1ccccc1)c1ccc(OC)cc1. The molecule has 2 aromatic carbocycles. The van der Waals surface area contributed by atoms with E-state index in [1.165, 1.54) is 0 Å². The van der Waals surface area contributed by atoms with E-state index < -0.39 is 0 Å². The van der Waals surface area contributed by atoms with E-state index in [4.69, 9.17) is 4.74 Å². The van der Waals surface area contributed by atoms with Gasteiger partial charge in [-0.2, -0.15) is 0 Å². The van der Waals surface area contributed by atoms with Crippen molar-refractivity contribution in [2.24, 2.45) is 0 Å². The number of anilines is 2. The molecule has 1 N–H and O–H groups in total. The van der Waals surface area contributed by atoms with Gasteiger partial charge in [0.25, 0.3) is 0 Å². The van der Waals surface area contributed by atoms with Crippen molar-refractivity contribution in [1.29, 1.82) is 0 Å². The van der Waals surface area contributed by atoms with Crippen LogP contribution in [0.3, 0.4) is 0 Å². The Morgan fingerprint density at radius 1 is 1.05 bits per heavy atom. The maximum absolute atomic E-state index is 11.4. The third kappa shape index (κ3) is 4.25. The number of nitrogens with zero attached hydrogens (tertiary/aromatic N) is 1.